The van der Waals surface area contributed by atoms with Crippen LogP contribution in [-0.4, -0.2) is 52.1 Å². The van der Waals surface area contributed by atoms with Gasteiger partial charge in [-0.15, -0.1) is 0 Å². The molecule has 5 heteroatoms. The van der Waals surface area contributed by atoms with Crippen LogP contribution in [0.2, 0.25) is 0 Å². The number of H-pyrrole nitrogens is 1. The molecular weight excluding hydrogens is 336 g/mol. The molecule has 1 aliphatic heterocycles. The highest BCUT2D eigenvalue weighted by Crippen LogP contribution is 2.18. The minimum Gasteiger partial charge on any atom is -0.335 e. The summed E-state index contributed by atoms with van der Waals surface area (Å²) in [7, 11) is 0. The standard InChI is InChI=1S/C22H24N4O/c1-17-7-5-6-10-19(17)16-25-11-13-26(14-12-25)22(27)21-15-20(23-24-21)18-8-3-2-4-9-18/h2-10,15H,11-14,16H2,1H3,(H,23,24). The SMILES string of the molecule is Cc1ccccc1CN1CCN(C(=O)c2cc(-c3ccccc3)n[nH]2)CC1. The zero-order valence-corrected chi connectivity index (χ0v) is 15.6. The minimum absolute atomic E-state index is 0.0280. The molecule has 138 valence electrons. The summed E-state index contributed by atoms with van der Waals surface area (Å²) in [6, 6.07) is 20.2. The number of carbonyl (C=O) groups excluding carboxylic acids is 1. The van der Waals surface area contributed by atoms with Crippen LogP contribution in [0.15, 0.2) is 60.7 Å². The van der Waals surface area contributed by atoms with Crippen molar-refractivity contribution >= 4 is 5.91 Å². The average Bonchev–Trinajstić information content (AvgIpc) is 3.21. The van der Waals surface area contributed by atoms with Crippen molar-refractivity contribution in [3.8, 4) is 11.3 Å². The molecule has 0 saturated carbocycles. The van der Waals surface area contributed by atoms with Crippen LogP contribution < -0.4 is 0 Å². The smallest absolute Gasteiger partial charge is 0.271 e. The molecule has 2 aromatic carbocycles. The lowest BCUT2D eigenvalue weighted by Crippen LogP contribution is -2.48. The fourth-order valence-corrected chi connectivity index (χ4v) is 3.50. The second-order valence-electron chi connectivity index (χ2n) is 7.03. The number of hydrogen-bond acceptors (Lipinski definition) is 3. The molecule has 3 aromatic rings. The van der Waals surface area contributed by atoms with E-state index in [0.29, 0.717) is 5.69 Å². The Morgan fingerprint density at radius 1 is 1.00 bits per heavy atom. The largest absolute Gasteiger partial charge is 0.335 e. The van der Waals surface area contributed by atoms with Gasteiger partial charge in [-0.05, 0) is 24.1 Å². The molecule has 1 aliphatic rings. The second kappa shape index (κ2) is 7.76. The molecule has 4 rings (SSSR count). The number of piperazine rings is 1. The molecule has 0 spiro atoms. The van der Waals surface area contributed by atoms with Crippen LogP contribution in [0.1, 0.15) is 21.6 Å². The third-order valence-corrected chi connectivity index (χ3v) is 5.19. The van der Waals surface area contributed by atoms with E-state index < -0.39 is 0 Å². The maximum absolute atomic E-state index is 12.8. The number of amides is 1. The van der Waals surface area contributed by atoms with Crippen LogP contribution >= 0.6 is 0 Å². The quantitative estimate of drug-likeness (QED) is 0.776. The number of aromatic amines is 1. The van der Waals surface area contributed by atoms with Gasteiger partial charge in [0.1, 0.15) is 5.69 Å². The number of rotatable bonds is 4. The molecule has 0 unspecified atom stereocenters. The second-order valence-corrected chi connectivity index (χ2v) is 7.03. The number of nitrogens with zero attached hydrogens (tertiary/aromatic N) is 3. The zero-order valence-electron chi connectivity index (χ0n) is 15.6. The maximum Gasteiger partial charge on any atom is 0.271 e. The summed E-state index contributed by atoms with van der Waals surface area (Å²) in [6.45, 7) is 6.35. The molecule has 0 atom stereocenters. The van der Waals surface area contributed by atoms with Gasteiger partial charge < -0.3 is 4.90 Å². The van der Waals surface area contributed by atoms with Gasteiger partial charge in [0.15, 0.2) is 0 Å². The van der Waals surface area contributed by atoms with E-state index in [9.17, 15) is 4.79 Å². The Morgan fingerprint density at radius 2 is 1.70 bits per heavy atom. The van der Waals surface area contributed by atoms with E-state index in [0.717, 1.165) is 44.0 Å². The van der Waals surface area contributed by atoms with Crippen molar-refractivity contribution in [2.75, 3.05) is 26.2 Å². The highest BCUT2D eigenvalue weighted by Gasteiger charge is 2.23. The Balaban J connectivity index is 1.36. The summed E-state index contributed by atoms with van der Waals surface area (Å²) in [6.07, 6.45) is 0. The molecular formula is C22H24N4O. The Kier molecular flexibility index (Phi) is 5.03. The van der Waals surface area contributed by atoms with Gasteiger partial charge in [-0.25, -0.2) is 0 Å². The first kappa shape index (κ1) is 17.5. The normalized spacial score (nSPS) is 15.1. The number of aromatic nitrogens is 2. The van der Waals surface area contributed by atoms with Crippen LogP contribution in [-0.2, 0) is 6.54 Å². The molecule has 1 fully saturated rings. The van der Waals surface area contributed by atoms with E-state index in [2.05, 4.69) is 46.3 Å². The molecule has 0 radical (unpaired) electrons. The lowest BCUT2D eigenvalue weighted by molar-refractivity contribution is 0.0622. The molecule has 1 amide bonds. The molecule has 1 aromatic heterocycles. The first-order chi connectivity index (χ1) is 13.2. The average molecular weight is 360 g/mol. The van der Waals surface area contributed by atoms with E-state index in [-0.39, 0.29) is 5.91 Å². The highest BCUT2D eigenvalue weighted by molar-refractivity contribution is 5.93. The van der Waals surface area contributed by atoms with Gasteiger partial charge >= 0.3 is 0 Å². The van der Waals surface area contributed by atoms with Crippen molar-refractivity contribution < 1.29 is 4.79 Å². The van der Waals surface area contributed by atoms with Gasteiger partial charge in [0.25, 0.3) is 5.91 Å². The summed E-state index contributed by atoms with van der Waals surface area (Å²) in [5, 5.41) is 7.20. The van der Waals surface area contributed by atoms with Gasteiger partial charge in [-0.2, -0.15) is 5.10 Å². The predicted octanol–water partition coefficient (Wildman–Crippen LogP) is 3.34. The molecule has 0 bridgehead atoms. The lowest BCUT2D eigenvalue weighted by atomic mass is 10.1. The minimum atomic E-state index is 0.0280. The van der Waals surface area contributed by atoms with E-state index in [1.807, 2.05) is 41.3 Å². The fraction of sp³-hybridized carbons (Fsp3) is 0.273. The van der Waals surface area contributed by atoms with E-state index in [1.54, 1.807) is 0 Å². The summed E-state index contributed by atoms with van der Waals surface area (Å²) >= 11 is 0. The Hall–Kier alpha value is -2.92. The van der Waals surface area contributed by atoms with Gasteiger partial charge in [-0.3, -0.25) is 14.8 Å². The van der Waals surface area contributed by atoms with Crippen molar-refractivity contribution in [3.05, 3.63) is 77.5 Å². The van der Waals surface area contributed by atoms with Crippen LogP contribution in [0.3, 0.4) is 0 Å². The molecule has 27 heavy (non-hydrogen) atoms. The number of nitrogens with one attached hydrogen (secondary N) is 1. The van der Waals surface area contributed by atoms with Crippen molar-refractivity contribution in [3.63, 3.8) is 0 Å². The van der Waals surface area contributed by atoms with Gasteiger partial charge in [0.2, 0.25) is 0 Å². The Bertz CT molecular complexity index is 911. The van der Waals surface area contributed by atoms with Crippen molar-refractivity contribution in [2.45, 2.75) is 13.5 Å². The number of carbonyl (C=O) groups is 1. The Labute approximate surface area is 159 Å². The van der Waals surface area contributed by atoms with Crippen molar-refractivity contribution in [1.82, 2.24) is 20.0 Å². The van der Waals surface area contributed by atoms with Crippen LogP contribution in [0.5, 0.6) is 0 Å². The van der Waals surface area contributed by atoms with Crippen LogP contribution in [0.25, 0.3) is 11.3 Å². The first-order valence-electron chi connectivity index (χ1n) is 9.38. The first-order valence-corrected chi connectivity index (χ1v) is 9.38. The lowest BCUT2D eigenvalue weighted by Gasteiger charge is -2.34. The van der Waals surface area contributed by atoms with Crippen molar-refractivity contribution in [2.24, 2.45) is 0 Å². The number of hydrogen-bond donors (Lipinski definition) is 1. The third kappa shape index (κ3) is 3.93. The summed E-state index contributed by atoms with van der Waals surface area (Å²) in [4.78, 5) is 17.1. The number of benzene rings is 2. The topological polar surface area (TPSA) is 52.2 Å². The Morgan fingerprint density at radius 3 is 2.44 bits per heavy atom. The molecule has 1 saturated heterocycles. The number of aryl methyl sites for hydroxylation is 1. The molecule has 2 heterocycles. The fourth-order valence-electron chi connectivity index (χ4n) is 3.50. The van der Waals surface area contributed by atoms with Gasteiger partial charge in [0.05, 0.1) is 5.69 Å². The van der Waals surface area contributed by atoms with Crippen molar-refractivity contribution in [1.29, 1.82) is 0 Å². The maximum atomic E-state index is 12.8. The summed E-state index contributed by atoms with van der Waals surface area (Å²) < 4.78 is 0. The molecule has 1 N–H and O–H groups in total. The molecule has 5 nitrogen and oxygen atoms in total. The zero-order chi connectivity index (χ0) is 18.6. The van der Waals surface area contributed by atoms with Gasteiger partial charge in [-0.1, -0.05) is 54.6 Å². The predicted molar refractivity (Wildman–Crippen MR) is 106 cm³/mol. The summed E-state index contributed by atoms with van der Waals surface area (Å²) in [5.41, 5.74) is 5.05. The van der Waals surface area contributed by atoms with Crippen LogP contribution in [0, 0.1) is 6.92 Å². The summed E-state index contributed by atoms with van der Waals surface area (Å²) in [5.74, 6) is 0.0280. The van der Waals surface area contributed by atoms with E-state index in [1.165, 1.54) is 11.1 Å². The monoisotopic (exact) mass is 360 g/mol. The molecule has 0 aliphatic carbocycles. The van der Waals surface area contributed by atoms with Gasteiger partial charge in [0, 0.05) is 38.3 Å². The van der Waals surface area contributed by atoms with Crippen LogP contribution in [0.4, 0.5) is 0 Å². The highest BCUT2D eigenvalue weighted by atomic mass is 16.2. The van der Waals surface area contributed by atoms with E-state index in [4.69, 9.17) is 0 Å². The van der Waals surface area contributed by atoms with E-state index >= 15 is 0 Å². The third-order valence-electron chi connectivity index (χ3n) is 5.19.